The Bertz CT molecular complexity index is 444. The number of ether oxygens (including phenoxy) is 1. The van der Waals surface area contributed by atoms with Crippen LogP contribution in [0.2, 0.25) is 5.02 Å². The molecule has 1 N–H and O–H groups in total. The van der Waals surface area contributed by atoms with Crippen molar-refractivity contribution in [2.24, 2.45) is 0 Å². The highest BCUT2D eigenvalue weighted by Gasteiger charge is 2.13. The number of nitrogens with one attached hydrogen (secondary N) is 1. The van der Waals surface area contributed by atoms with Gasteiger partial charge in [0.05, 0.1) is 17.9 Å². The summed E-state index contributed by atoms with van der Waals surface area (Å²) in [6.07, 6.45) is 0. The van der Waals surface area contributed by atoms with Crippen molar-refractivity contribution in [1.29, 1.82) is 0 Å². The second kappa shape index (κ2) is 7.17. The van der Waals surface area contributed by atoms with Gasteiger partial charge in [0, 0.05) is 17.0 Å². The number of halogens is 1. The SMILES string of the molecule is COC(=O)CSc1c(Cl)cccc1CNC(C)(C)C. The first kappa shape index (κ1) is 16.3. The summed E-state index contributed by atoms with van der Waals surface area (Å²) in [5.41, 5.74) is 1.13. The zero-order valence-electron chi connectivity index (χ0n) is 11.7. The van der Waals surface area contributed by atoms with Crippen LogP contribution in [0, 0.1) is 0 Å². The van der Waals surface area contributed by atoms with E-state index in [-0.39, 0.29) is 17.3 Å². The molecule has 0 atom stereocenters. The molecule has 0 unspecified atom stereocenters. The van der Waals surface area contributed by atoms with Crippen LogP contribution >= 0.6 is 23.4 Å². The van der Waals surface area contributed by atoms with Crippen molar-refractivity contribution < 1.29 is 9.53 Å². The number of thioether (sulfide) groups is 1. The van der Waals surface area contributed by atoms with Crippen LogP contribution in [0.1, 0.15) is 26.3 Å². The van der Waals surface area contributed by atoms with Gasteiger partial charge in [-0.15, -0.1) is 11.8 Å². The Kier molecular flexibility index (Phi) is 6.17. The van der Waals surface area contributed by atoms with Crippen molar-refractivity contribution in [3.05, 3.63) is 28.8 Å². The topological polar surface area (TPSA) is 38.3 Å². The van der Waals surface area contributed by atoms with Gasteiger partial charge in [-0.25, -0.2) is 0 Å². The Hall–Kier alpha value is -0.710. The van der Waals surface area contributed by atoms with E-state index < -0.39 is 0 Å². The molecule has 1 aromatic carbocycles. The number of esters is 1. The number of carbonyl (C=O) groups excluding carboxylic acids is 1. The first-order chi connectivity index (χ1) is 8.83. The average molecular weight is 302 g/mol. The molecule has 0 radical (unpaired) electrons. The first-order valence-corrected chi connectivity index (χ1v) is 7.42. The normalized spacial score (nSPS) is 11.4. The van der Waals surface area contributed by atoms with Gasteiger partial charge in [-0.05, 0) is 32.4 Å². The van der Waals surface area contributed by atoms with E-state index in [4.69, 9.17) is 11.6 Å². The zero-order chi connectivity index (χ0) is 14.5. The minimum Gasteiger partial charge on any atom is -0.468 e. The summed E-state index contributed by atoms with van der Waals surface area (Å²) in [4.78, 5) is 12.2. The Morgan fingerprint density at radius 3 is 2.68 bits per heavy atom. The van der Waals surface area contributed by atoms with Crippen molar-refractivity contribution in [1.82, 2.24) is 5.32 Å². The lowest BCUT2D eigenvalue weighted by atomic mass is 10.1. The van der Waals surface area contributed by atoms with Crippen LogP contribution < -0.4 is 5.32 Å². The fourth-order valence-corrected chi connectivity index (χ4v) is 2.67. The van der Waals surface area contributed by atoms with Gasteiger partial charge < -0.3 is 10.1 Å². The molecule has 5 heteroatoms. The van der Waals surface area contributed by atoms with Gasteiger partial charge in [-0.3, -0.25) is 4.79 Å². The summed E-state index contributed by atoms with van der Waals surface area (Å²) in [6.45, 7) is 7.05. The quantitative estimate of drug-likeness (QED) is 0.667. The molecule has 0 heterocycles. The predicted molar refractivity (Wildman–Crippen MR) is 80.8 cm³/mol. The summed E-state index contributed by atoms with van der Waals surface area (Å²) in [5, 5.41) is 4.09. The second-order valence-electron chi connectivity index (χ2n) is 5.20. The maximum atomic E-state index is 11.2. The number of methoxy groups -OCH3 is 1. The smallest absolute Gasteiger partial charge is 0.315 e. The van der Waals surface area contributed by atoms with Crippen LogP contribution in [0.3, 0.4) is 0 Å². The third kappa shape index (κ3) is 5.85. The van der Waals surface area contributed by atoms with Crippen LogP contribution in [0.5, 0.6) is 0 Å². The summed E-state index contributed by atoms with van der Waals surface area (Å²) < 4.78 is 4.65. The molecule has 0 aliphatic heterocycles. The summed E-state index contributed by atoms with van der Waals surface area (Å²) in [5.74, 6) is 0.0163. The highest BCUT2D eigenvalue weighted by atomic mass is 35.5. The standard InChI is InChI=1S/C14H20ClNO2S/c1-14(2,3)16-8-10-6-5-7-11(15)13(10)19-9-12(17)18-4/h5-7,16H,8-9H2,1-4H3. The highest BCUT2D eigenvalue weighted by molar-refractivity contribution is 8.00. The molecule has 3 nitrogen and oxygen atoms in total. The number of hydrogen-bond donors (Lipinski definition) is 1. The summed E-state index contributed by atoms with van der Waals surface area (Å²) >= 11 is 7.62. The Morgan fingerprint density at radius 2 is 2.11 bits per heavy atom. The third-order valence-electron chi connectivity index (χ3n) is 2.42. The van der Waals surface area contributed by atoms with Crippen molar-refractivity contribution in [3.63, 3.8) is 0 Å². The molecule has 19 heavy (non-hydrogen) atoms. The van der Waals surface area contributed by atoms with Gasteiger partial charge in [0.25, 0.3) is 0 Å². The van der Waals surface area contributed by atoms with Gasteiger partial charge >= 0.3 is 5.97 Å². The van der Waals surface area contributed by atoms with Gasteiger partial charge in [-0.1, -0.05) is 23.7 Å². The molecule has 0 saturated heterocycles. The lowest BCUT2D eigenvalue weighted by Gasteiger charge is -2.21. The molecular weight excluding hydrogens is 282 g/mol. The van der Waals surface area contributed by atoms with Crippen LogP contribution in [0.15, 0.2) is 23.1 Å². The van der Waals surface area contributed by atoms with E-state index in [9.17, 15) is 4.79 Å². The second-order valence-corrected chi connectivity index (χ2v) is 6.59. The van der Waals surface area contributed by atoms with Crippen LogP contribution in [-0.4, -0.2) is 24.4 Å². The fourth-order valence-electron chi connectivity index (χ4n) is 1.40. The average Bonchev–Trinajstić information content (AvgIpc) is 2.33. The number of carbonyl (C=O) groups is 1. The van der Waals surface area contributed by atoms with Crippen LogP contribution in [0.25, 0.3) is 0 Å². The number of rotatable bonds is 5. The highest BCUT2D eigenvalue weighted by Crippen LogP contribution is 2.31. The van der Waals surface area contributed by atoms with E-state index in [1.807, 2.05) is 18.2 Å². The molecule has 0 aliphatic carbocycles. The van der Waals surface area contributed by atoms with Crippen LogP contribution in [0.4, 0.5) is 0 Å². The molecule has 0 fully saturated rings. The van der Waals surface area contributed by atoms with E-state index in [1.165, 1.54) is 18.9 Å². The Labute approximate surface area is 124 Å². The van der Waals surface area contributed by atoms with Crippen molar-refractivity contribution in [3.8, 4) is 0 Å². The maximum absolute atomic E-state index is 11.2. The lowest BCUT2D eigenvalue weighted by Crippen LogP contribution is -2.35. The Balaban J connectivity index is 2.80. The van der Waals surface area contributed by atoms with Gasteiger partial charge in [-0.2, -0.15) is 0 Å². The van der Waals surface area contributed by atoms with E-state index in [0.717, 1.165) is 10.5 Å². The van der Waals surface area contributed by atoms with Crippen molar-refractivity contribution in [2.75, 3.05) is 12.9 Å². The first-order valence-electron chi connectivity index (χ1n) is 6.05. The van der Waals surface area contributed by atoms with E-state index >= 15 is 0 Å². The van der Waals surface area contributed by atoms with Gasteiger partial charge in [0.15, 0.2) is 0 Å². The van der Waals surface area contributed by atoms with Crippen LogP contribution in [-0.2, 0) is 16.1 Å². The van der Waals surface area contributed by atoms with Gasteiger partial charge in [0.2, 0.25) is 0 Å². The molecule has 1 rings (SSSR count). The minimum atomic E-state index is -0.250. The Morgan fingerprint density at radius 1 is 1.42 bits per heavy atom. The van der Waals surface area contributed by atoms with Crippen molar-refractivity contribution >= 4 is 29.3 Å². The molecule has 0 spiro atoms. The summed E-state index contributed by atoms with van der Waals surface area (Å²) in [6, 6.07) is 5.77. The predicted octanol–water partition coefficient (Wildman–Crippen LogP) is 3.49. The largest absolute Gasteiger partial charge is 0.468 e. The van der Waals surface area contributed by atoms with E-state index in [1.54, 1.807) is 0 Å². The molecular formula is C14H20ClNO2S. The maximum Gasteiger partial charge on any atom is 0.315 e. The molecule has 0 aromatic heterocycles. The lowest BCUT2D eigenvalue weighted by molar-refractivity contribution is -0.137. The monoisotopic (exact) mass is 301 g/mol. The van der Waals surface area contributed by atoms with Gasteiger partial charge in [0.1, 0.15) is 0 Å². The van der Waals surface area contributed by atoms with E-state index in [2.05, 4.69) is 30.8 Å². The molecule has 0 amide bonds. The van der Waals surface area contributed by atoms with E-state index in [0.29, 0.717) is 11.6 Å². The minimum absolute atomic E-state index is 0.0343. The number of hydrogen-bond acceptors (Lipinski definition) is 4. The molecule has 0 saturated carbocycles. The molecule has 1 aromatic rings. The summed E-state index contributed by atoms with van der Waals surface area (Å²) in [7, 11) is 1.39. The fraction of sp³-hybridized carbons (Fsp3) is 0.500. The zero-order valence-corrected chi connectivity index (χ0v) is 13.3. The number of benzene rings is 1. The van der Waals surface area contributed by atoms with Crippen molar-refractivity contribution in [2.45, 2.75) is 37.8 Å². The molecule has 0 bridgehead atoms. The molecule has 106 valence electrons. The third-order valence-corrected chi connectivity index (χ3v) is 4.00. The molecule has 0 aliphatic rings.